The number of likely N-dealkylation sites (tertiary alicyclic amines) is 1. The van der Waals surface area contributed by atoms with E-state index in [2.05, 4.69) is 0 Å². The summed E-state index contributed by atoms with van der Waals surface area (Å²) < 4.78 is 21.1. The number of carboxylic acids is 1. The number of hydrogen-bond donors (Lipinski definition) is 1. The van der Waals surface area contributed by atoms with Gasteiger partial charge in [-0.25, -0.2) is 4.39 Å². The van der Waals surface area contributed by atoms with Crippen molar-refractivity contribution in [2.75, 3.05) is 13.1 Å². The number of amides is 1. The molecular weight excluding hydrogens is 423 g/mol. The van der Waals surface area contributed by atoms with Crippen LogP contribution < -0.4 is 4.74 Å². The van der Waals surface area contributed by atoms with Crippen molar-refractivity contribution in [3.63, 3.8) is 0 Å². The van der Waals surface area contributed by atoms with Crippen LogP contribution in [0.1, 0.15) is 19.8 Å². The first-order valence-electron chi connectivity index (χ1n) is 10.1. The van der Waals surface area contributed by atoms with Crippen molar-refractivity contribution in [1.82, 2.24) is 9.47 Å². The molecule has 31 heavy (non-hydrogen) atoms. The minimum Gasteiger partial charge on any atom is -0.481 e. The Hall–Kier alpha value is -3.06. The lowest BCUT2D eigenvalue weighted by atomic mass is 9.98. The van der Waals surface area contributed by atoms with E-state index < -0.39 is 23.8 Å². The Balaban J connectivity index is 1.50. The highest BCUT2D eigenvalue weighted by atomic mass is 35.5. The van der Waals surface area contributed by atoms with Crippen LogP contribution in [0.15, 0.2) is 48.7 Å². The summed E-state index contributed by atoms with van der Waals surface area (Å²) >= 11 is 6.20. The summed E-state index contributed by atoms with van der Waals surface area (Å²) in [7, 11) is 0. The Morgan fingerprint density at radius 1 is 1.23 bits per heavy atom. The third-order valence-corrected chi connectivity index (χ3v) is 5.88. The molecule has 2 heterocycles. The van der Waals surface area contributed by atoms with Crippen LogP contribution in [0, 0.1) is 11.7 Å². The van der Waals surface area contributed by atoms with Crippen LogP contribution in [0.3, 0.4) is 0 Å². The first-order chi connectivity index (χ1) is 14.8. The van der Waals surface area contributed by atoms with Gasteiger partial charge >= 0.3 is 5.97 Å². The van der Waals surface area contributed by atoms with Crippen LogP contribution in [-0.4, -0.2) is 45.6 Å². The molecule has 1 aliphatic heterocycles. The number of ether oxygens (including phenoxy) is 1. The Bertz CT molecular complexity index is 1150. The van der Waals surface area contributed by atoms with Crippen molar-refractivity contribution in [1.29, 1.82) is 0 Å². The summed E-state index contributed by atoms with van der Waals surface area (Å²) in [6.07, 6.45) is 2.35. The maximum absolute atomic E-state index is 13.4. The minimum atomic E-state index is -0.873. The number of aliphatic carboxylic acids is 1. The second-order valence-corrected chi connectivity index (χ2v) is 8.13. The number of piperidine rings is 1. The molecule has 162 valence electrons. The molecule has 0 unspecified atom stereocenters. The monoisotopic (exact) mass is 444 g/mol. The number of carboxylic acid groups (broad SMARTS) is 1. The molecule has 0 spiro atoms. The zero-order chi connectivity index (χ0) is 22.1. The van der Waals surface area contributed by atoms with Gasteiger partial charge in [-0.2, -0.15) is 0 Å². The topological polar surface area (TPSA) is 71.8 Å². The highest BCUT2D eigenvalue weighted by Crippen LogP contribution is 2.29. The molecule has 0 bridgehead atoms. The number of rotatable bonds is 5. The summed E-state index contributed by atoms with van der Waals surface area (Å²) in [4.78, 5) is 25.6. The molecule has 1 N–H and O–H groups in total. The fraction of sp³-hybridized carbons (Fsp3) is 0.304. The largest absolute Gasteiger partial charge is 0.481 e. The number of benzene rings is 2. The van der Waals surface area contributed by atoms with Crippen LogP contribution in [0.5, 0.6) is 5.75 Å². The summed E-state index contributed by atoms with van der Waals surface area (Å²) in [5, 5.41) is 10.4. The van der Waals surface area contributed by atoms with E-state index >= 15 is 0 Å². The van der Waals surface area contributed by atoms with Crippen molar-refractivity contribution in [3.05, 3.63) is 59.5 Å². The van der Waals surface area contributed by atoms with Gasteiger partial charge in [0.2, 0.25) is 0 Å². The van der Waals surface area contributed by atoms with E-state index in [-0.39, 0.29) is 12.5 Å². The van der Waals surface area contributed by atoms with Gasteiger partial charge in [-0.1, -0.05) is 11.6 Å². The van der Waals surface area contributed by atoms with Crippen molar-refractivity contribution in [2.45, 2.75) is 25.9 Å². The molecule has 1 saturated heterocycles. The lowest BCUT2D eigenvalue weighted by molar-refractivity contribution is -0.147. The Labute approximate surface area is 183 Å². The minimum absolute atomic E-state index is 0.210. The molecule has 1 fully saturated rings. The number of carbonyl (C=O) groups excluding carboxylic acids is 1. The zero-order valence-corrected chi connectivity index (χ0v) is 17.7. The standard InChI is InChI=1S/C23H22ClFN2O4/c1-14(22(28)26-9-2-3-16(13-26)23(29)30)31-18-5-7-20-15(11-18)8-10-27(20)21-6-4-17(25)12-19(21)24/h4-8,10-12,14,16H,2-3,9,13H2,1H3,(H,29,30)/t14-,16+/m1/s1. The van der Waals surface area contributed by atoms with E-state index in [1.54, 1.807) is 24.0 Å². The van der Waals surface area contributed by atoms with E-state index in [1.807, 2.05) is 29.0 Å². The number of nitrogens with zero attached hydrogens (tertiary/aromatic N) is 2. The van der Waals surface area contributed by atoms with Gasteiger partial charge in [0.15, 0.2) is 6.10 Å². The number of fused-ring (bicyclic) bond motifs is 1. The summed E-state index contributed by atoms with van der Waals surface area (Å²) in [6, 6.07) is 11.6. The van der Waals surface area contributed by atoms with Gasteiger partial charge in [0, 0.05) is 24.7 Å². The van der Waals surface area contributed by atoms with Gasteiger partial charge in [0.05, 0.1) is 22.1 Å². The lowest BCUT2D eigenvalue weighted by Crippen LogP contribution is -2.47. The van der Waals surface area contributed by atoms with Gasteiger partial charge in [-0.05, 0) is 62.2 Å². The molecule has 2 atom stereocenters. The maximum Gasteiger partial charge on any atom is 0.308 e. The predicted octanol–water partition coefficient (Wildman–Crippen LogP) is 4.51. The number of hydrogen-bond acceptors (Lipinski definition) is 3. The summed E-state index contributed by atoms with van der Waals surface area (Å²) in [5.74, 6) is -1.49. The van der Waals surface area contributed by atoms with Gasteiger partial charge in [-0.3, -0.25) is 9.59 Å². The molecule has 6 nitrogen and oxygen atoms in total. The molecular formula is C23H22ClFN2O4. The Morgan fingerprint density at radius 3 is 2.77 bits per heavy atom. The van der Waals surface area contributed by atoms with E-state index in [1.165, 1.54) is 12.1 Å². The quantitative estimate of drug-likeness (QED) is 0.628. The third kappa shape index (κ3) is 4.37. The SMILES string of the molecule is C[C@@H](Oc1ccc2c(ccn2-c2ccc(F)cc2Cl)c1)C(=O)N1CCC[C@H](C(=O)O)C1. The zero-order valence-electron chi connectivity index (χ0n) is 16.9. The van der Waals surface area contributed by atoms with Gasteiger partial charge in [-0.15, -0.1) is 0 Å². The van der Waals surface area contributed by atoms with Crippen LogP contribution in [0.25, 0.3) is 16.6 Å². The van der Waals surface area contributed by atoms with Crippen molar-refractivity contribution in [3.8, 4) is 11.4 Å². The second-order valence-electron chi connectivity index (χ2n) is 7.72. The second kappa shape index (κ2) is 8.59. The van der Waals surface area contributed by atoms with Gasteiger partial charge in [0.1, 0.15) is 11.6 Å². The van der Waals surface area contributed by atoms with Crippen LogP contribution >= 0.6 is 11.6 Å². The molecule has 4 rings (SSSR count). The van der Waals surface area contributed by atoms with Crippen LogP contribution in [0.2, 0.25) is 5.02 Å². The molecule has 0 saturated carbocycles. The number of carbonyl (C=O) groups is 2. The fourth-order valence-electron chi connectivity index (χ4n) is 3.97. The average Bonchev–Trinajstić information content (AvgIpc) is 3.16. The molecule has 2 aromatic carbocycles. The number of aromatic nitrogens is 1. The highest BCUT2D eigenvalue weighted by molar-refractivity contribution is 6.32. The fourth-order valence-corrected chi connectivity index (χ4v) is 4.23. The molecule has 1 aromatic heterocycles. The van der Waals surface area contributed by atoms with Crippen molar-refractivity contribution in [2.24, 2.45) is 5.92 Å². The molecule has 1 aliphatic rings. The van der Waals surface area contributed by atoms with Gasteiger partial charge < -0.3 is 19.3 Å². The lowest BCUT2D eigenvalue weighted by Gasteiger charge is -2.32. The normalized spacial score (nSPS) is 17.5. The van der Waals surface area contributed by atoms with E-state index in [0.29, 0.717) is 35.8 Å². The maximum atomic E-state index is 13.4. The van der Waals surface area contributed by atoms with E-state index in [9.17, 15) is 19.1 Å². The van der Waals surface area contributed by atoms with E-state index in [4.69, 9.17) is 16.3 Å². The Kier molecular flexibility index (Phi) is 5.87. The van der Waals surface area contributed by atoms with Gasteiger partial charge in [0.25, 0.3) is 5.91 Å². The van der Waals surface area contributed by atoms with E-state index in [0.717, 1.165) is 10.9 Å². The first-order valence-corrected chi connectivity index (χ1v) is 10.5. The molecule has 0 radical (unpaired) electrons. The highest BCUT2D eigenvalue weighted by Gasteiger charge is 2.31. The van der Waals surface area contributed by atoms with Crippen LogP contribution in [-0.2, 0) is 9.59 Å². The molecule has 3 aromatic rings. The summed E-state index contributed by atoms with van der Waals surface area (Å²) in [5.41, 5.74) is 1.52. The third-order valence-electron chi connectivity index (χ3n) is 5.57. The predicted molar refractivity (Wildman–Crippen MR) is 115 cm³/mol. The van der Waals surface area contributed by atoms with Crippen LogP contribution in [0.4, 0.5) is 4.39 Å². The Morgan fingerprint density at radius 2 is 2.03 bits per heavy atom. The number of halogens is 2. The summed E-state index contributed by atoms with van der Waals surface area (Å²) in [6.45, 7) is 2.42. The molecule has 0 aliphatic carbocycles. The van der Waals surface area contributed by atoms with Crippen molar-refractivity contribution >= 4 is 34.4 Å². The molecule has 1 amide bonds. The first kappa shape index (κ1) is 21.2. The van der Waals surface area contributed by atoms with Crippen molar-refractivity contribution < 1.29 is 23.8 Å². The molecule has 8 heteroatoms. The average molecular weight is 445 g/mol. The smallest absolute Gasteiger partial charge is 0.308 e.